The van der Waals surface area contributed by atoms with Gasteiger partial charge < -0.3 is 9.13 Å². The first-order chi connectivity index (χ1) is 31.8. The minimum absolute atomic E-state index is 0.0201. The fourth-order valence-corrected chi connectivity index (χ4v) is 10.9. The van der Waals surface area contributed by atoms with Crippen LogP contribution >= 0.6 is 0 Å². The Morgan fingerprint density at radius 1 is 0.324 bits per heavy atom. The van der Waals surface area contributed by atoms with Gasteiger partial charge in [-0.1, -0.05) is 220 Å². The van der Waals surface area contributed by atoms with Crippen LogP contribution in [0, 0.1) is 0 Å². The molecule has 0 aliphatic carbocycles. The van der Waals surface area contributed by atoms with Crippen molar-refractivity contribution >= 4 is 43.6 Å². The second-order valence-corrected chi connectivity index (χ2v) is 25.5. The topological polar surface area (TPSA) is 9.86 Å². The van der Waals surface area contributed by atoms with Crippen molar-refractivity contribution in [1.29, 1.82) is 0 Å². The van der Waals surface area contributed by atoms with Crippen molar-refractivity contribution in [1.82, 2.24) is 9.13 Å². The molecule has 0 amide bonds. The third-order valence-electron chi connectivity index (χ3n) is 15.3. The summed E-state index contributed by atoms with van der Waals surface area (Å²) in [6.45, 7) is 37.9. The molecule has 0 saturated carbocycles. The number of aromatic nitrogens is 2. The lowest BCUT2D eigenvalue weighted by Gasteiger charge is -2.34. The summed E-state index contributed by atoms with van der Waals surface area (Å²) in [7, 11) is 0. The van der Waals surface area contributed by atoms with Gasteiger partial charge in [0.15, 0.2) is 0 Å². The van der Waals surface area contributed by atoms with Crippen LogP contribution < -0.4 is 0 Å². The molecule has 0 N–H and O–H groups in total. The number of hydrogen-bond donors (Lipinski definition) is 0. The Morgan fingerprint density at radius 3 is 1.34 bits per heavy atom. The average molecular weight is 897 g/mol. The van der Waals surface area contributed by atoms with Gasteiger partial charge in [-0.25, -0.2) is 0 Å². The molecule has 2 nitrogen and oxygen atoms in total. The van der Waals surface area contributed by atoms with E-state index < -0.39 is 0 Å². The molecule has 7 aromatic carbocycles. The smallest absolute Gasteiger partial charge is 0.0578 e. The molecule has 9 aromatic rings. The summed E-state index contributed by atoms with van der Waals surface area (Å²) in [6.07, 6.45) is 2.06. The number of benzene rings is 7. The molecule has 0 radical (unpaired) electrons. The van der Waals surface area contributed by atoms with Crippen LogP contribution in [0.2, 0.25) is 0 Å². The Bertz CT molecular complexity index is 3350. The lowest BCUT2D eigenvalue weighted by Crippen LogP contribution is -2.26. The van der Waals surface area contributed by atoms with E-state index in [2.05, 4.69) is 266 Å². The summed E-state index contributed by atoms with van der Waals surface area (Å²) in [6, 6.07) is 55.9. The summed E-state index contributed by atoms with van der Waals surface area (Å²) in [5.41, 5.74) is 18.2. The van der Waals surface area contributed by atoms with Crippen molar-refractivity contribution in [2.75, 3.05) is 0 Å². The molecule has 0 aliphatic heterocycles. The first-order valence-electron chi connectivity index (χ1n) is 25.2. The Balaban J connectivity index is 1.13. The SMILES string of the molecule is CC(C)(C)c1cc(-n2c3ccccc3c3cccc(C(C)(C)C)c32)cc(C(C)(C)CCC(C)(C)c2cccc3c4ccccc4n(-c4ccc(-c5cc(C(C)(C)C)ccc5C(C)(C)C)cc4)c23)c1. The van der Waals surface area contributed by atoms with Crippen LogP contribution in [-0.2, 0) is 32.5 Å². The minimum Gasteiger partial charge on any atom is -0.309 e. The number of para-hydroxylation sites is 4. The number of rotatable bonds is 8. The zero-order chi connectivity index (χ0) is 48.9. The van der Waals surface area contributed by atoms with Crippen molar-refractivity contribution in [2.24, 2.45) is 0 Å². The third kappa shape index (κ3) is 8.41. The zero-order valence-corrected chi connectivity index (χ0v) is 44.2. The van der Waals surface area contributed by atoms with Crippen molar-refractivity contribution < 1.29 is 0 Å². The quantitative estimate of drug-likeness (QED) is 0.144. The van der Waals surface area contributed by atoms with Gasteiger partial charge in [0.2, 0.25) is 0 Å². The average Bonchev–Trinajstić information content (AvgIpc) is 3.80. The standard InChI is InChI=1S/C66H76N2/c1-61(2,3)44-33-36-54(63(7,8)9)53(42-44)43-31-34-47(35-32-43)67-57-29-19-17-24-50(57)52-26-22-28-56(60(52)67)66(15,16)38-37-65(13,14)46-39-45(62(4,5)6)40-48(41-46)68-58-30-20-18-23-49(58)51-25-21-27-55(59(51)68)64(10,11)12/h17-36,39-42H,37-38H2,1-16H3. The van der Waals surface area contributed by atoms with E-state index in [-0.39, 0.29) is 32.5 Å². The lowest BCUT2D eigenvalue weighted by atomic mass is 9.71. The predicted octanol–water partition coefficient (Wildman–Crippen LogP) is 18.8. The number of nitrogens with zero attached hydrogens (tertiary/aromatic N) is 2. The van der Waals surface area contributed by atoms with Gasteiger partial charge in [-0.05, 0) is 126 Å². The second-order valence-electron chi connectivity index (χ2n) is 25.5. The molecule has 2 aromatic heterocycles. The van der Waals surface area contributed by atoms with Crippen LogP contribution in [0.4, 0.5) is 0 Å². The van der Waals surface area contributed by atoms with Gasteiger partial charge in [0, 0.05) is 32.9 Å². The highest BCUT2D eigenvalue weighted by atomic mass is 15.0. The molecular weight excluding hydrogens is 821 g/mol. The number of fused-ring (bicyclic) bond motifs is 6. The highest BCUT2D eigenvalue weighted by Crippen LogP contribution is 2.45. The van der Waals surface area contributed by atoms with Gasteiger partial charge in [0.05, 0.1) is 22.1 Å². The van der Waals surface area contributed by atoms with E-state index in [1.54, 1.807) is 0 Å². The highest BCUT2D eigenvalue weighted by Gasteiger charge is 2.32. The van der Waals surface area contributed by atoms with E-state index >= 15 is 0 Å². The van der Waals surface area contributed by atoms with Crippen LogP contribution in [0.3, 0.4) is 0 Å². The molecule has 2 heteroatoms. The van der Waals surface area contributed by atoms with E-state index in [9.17, 15) is 0 Å². The largest absolute Gasteiger partial charge is 0.309 e. The molecule has 350 valence electrons. The van der Waals surface area contributed by atoms with Gasteiger partial charge in [-0.15, -0.1) is 0 Å². The van der Waals surface area contributed by atoms with Gasteiger partial charge in [-0.2, -0.15) is 0 Å². The van der Waals surface area contributed by atoms with E-state index in [0.717, 1.165) is 12.8 Å². The Labute approximate surface area is 408 Å². The molecule has 9 rings (SSSR count). The molecule has 0 atom stereocenters. The molecular formula is C66H76N2. The summed E-state index contributed by atoms with van der Waals surface area (Å²) in [5.74, 6) is 0. The van der Waals surface area contributed by atoms with Crippen molar-refractivity contribution in [2.45, 2.75) is 156 Å². The van der Waals surface area contributed by atoms with Crippen LogP contribution in [-0.4, -0.2) is 9.13 Å². The molecule has 2 heterocycles. The first kappa shape index (κ1) is 47.2. The first-order valence-corrected chi connectivity index (χ1v) is 25.2. The lowest BCUT2D eigenvalue weighted by molar-refractivity contribution is 0.375. The van der Waals surface area contributed by atoms with Gasteiger partial charge in [-0.3, -0.25) is 0 Å². The van der Waals surface area contributed by atoms with E-state index in [0.29, 0.717) is 0 Å². The molecule has 0 bridgehead atoms. The third-order valence-corrected chi connectivity index (χ3v) is 15.3. The highest BCUT2D eigenvalue weighted by molar-refractivity contribution is 6.11. The minimum atomic E-state index is -0.128. The Hall–Kier alpha value is -5.86. The number of hydrogen-bond acceptors (Lipinski definition) is 0. The maximum Gasteiger partial charge on any atom is 0.0578 e. The van der Waals surface area contributed by atoms with Crippen LogP contribution in [0.25, 0.3) is 66.1 Å². The second kappa shape index (κ2) is 16.4. The predicted molar refractivity (Wildman–Crippen MR) is 297 cm³/mol. The van der Waals surface area contributed by atoms with Gasteiger partial charge in [0.1, 0.15) is 0 Å². The van der Waals surface area contributed by atoms with Crippen LogP contribution in [0.5, 0.6) is 0 Å². The molecule has 68 heavy (non-hydrogen) atoms. The Kier molecular flexibility index (Phi) is 11.4. The zero-order valence-electron chi connectivity index (χ0n) is 44.2. The molecule has 0 spiro atoms. The van der Waals surface area contributed by atoms with Crippen molar-refractivity contribution in [3.63, 3.8) is 0 Å². The van der Waals surface area contributed by atoms with Crippen LogP contribution in [0.15, 0.2) is 146 Å². The fourth-order valence-electron chi connectivity index (χ4n) is 10.9. The van der Waals surface area contributed by atoms with Crippen molar-refractivity contribution in [3.05, 3.63) is 179 Å². The fraction of sp³-hybridized carbons (Fsp3) is 0.364. The monoisotopic (exact) mass is 897 g/mol. The van der Waals surface area contributed by atoms with Crippen molar-refractivity contribution in [3.8, 4) is 22.5 Å². The molecule has 0 saturated heterocycles. The normalized spacial score (nSPS) is 13.4. The van der Waals surface area contributed by atoms with E-state index in [1.807, 2.05) is 0 Å². The maximum absolute atomic E-state index is 2.57. The van der Waals surface area contributed by atoms with E-state index in [4.69, 9.17) is 0 Å². The molecule has 0 fully saturated rings. The van der Waals surface area contributed by atoms with Gasteiger partial charge >= 0.3 is 0 Å². The summed E-state index contributed by atoms with van der Waals surface area (Å²) >= 11 is 0. The summed E-state index contributed by atoms with van der Waals surface area (Å²) in [4.78, 5) is 0. The van der Waals surface area contributed by atoms with Crippen LogP contribution in [0.1, 0.15) is 157 Å². The summed E-state index contributed by atoms with van der Waals surface area (Å²) in [5, 5.41) is 5.23. The van der Waals surface area contributed by atoms with Gasteiger partial charge in [0.25, 0.3) is 0 Å². The summed E-state index contributed by atoms with van der Waals surface area (Å²) < 4.78 is 5.12. The maximum atomic E-state index is 2.57. The Morgan fingerprint density at radius 2 is 0.794 bits per heavy atom. The van der Waals surface area contributed by atoms with E-state index in [1.165, 1.54) is 99.5 Å². The molecule has 0 unspecified atom stereocenters. The molecule has 0 aliphatic rings.